The molecule has 1 aromatic rings. The predicted octanol–water partition coefficient (Wildman–Crippen LogP) is 2.57. The van der Waals surface area contributed by atoms with Crippen LogP contribution in [0.2, 0.25) is 0 Å². The van der Waals surface area contributed by atoms with E-state index < -0.39 is 17.7 Å². The highest BCUT2D eigenvalue weighted by Crippen LogP contribution is 2.30. The van der Waals surface area contributed by atoms with Crippen molar-refractivity contribution in [1.82, 2.24) is 5.32 Å². The summed E-state index contributed by atoms with van der Waals surface area (Å²) in [6.07, 6.45) is -4.66. The average Bonchev–Trinajstić information content (AvgIpc) is 2.33. The van der Waals surface area contributed by atoms with Gasteiger partial charge < -0.3 is 15.2 Å². The molecular weight excluding hydrogens is 273 g/mol. The molecule has 0 amide bonds. The van der Waals surface area contributed by atoms with E-state index in [0.29, 0.717) is 5.75 Å². The van der Waals surface area contributed by atoms with Crippen molar-refractivity contribution < 1.29 is 23.0 Å². The molecule has 108 valence electrons. The van der Waals surface area contributed by atoms with E-state index in [1.54, 1.807) is 30.3 Å². The Labute approximate surface area is 113 Å². The number of allylic oxidation sites excluding steroid dienone is 1. The first-order valence-electron chi connectivity index (χ1n) is 5.81. The minimum Gasteiger partial charge on any atom is -0.455 e. The highest BCUT2D eigenvalue weighted by Gasteiger charge is 2.44. The van der Waals surface area contributed by atoms with E-state index in [9.17, 15) is 18.3 Å². The number of benzene rings is 1. The van der Waals surface area contributed by atoms with Crippen molar-refractivity contribution in [2.45, 2.75) is 25.7 Å². The molecule has 0 radical (unpaired) electrons. The van der Waals surface area contributed by atoms with Crippen LogP contribution in [0.5, 0.6) is 5.75 Å². The third-order valence-electron chi connectivity index (χ3n) is 2.64. The molecule has 0 spiro atoms. The lowest BCUT2D eigenvalue weighted by atomic mass is 10.1. The van der Waals surface area contributed by atoms with Crippen LogP contribution in [0.3, 0.4) is 0 Å². The molecule has 1 atom stereocenters. The maximum atomic E-state index is 12.6. The summed E-state index contributed by atoms with van der Waals surface area (Å²) in [5, 5.41) is 12.2. The third kappa shape index (κ3) is 2.93. The molecule has 2 rings (SSSR count). The standard InChI is InChI=1S/C13H13F3N2O2/c1-8-10(20-9-6-4-3-5-7-9)12(2,19)18-11(17-8)13(14,15)16/h3-7,19H,1-2H3,(H,17,18)/t12-/m0/s1. The molecule has 4 nitrogen and oxygen atoms in total. The Morgan fingerprint density at radius 3 is 2.35 bits per heavy atom. The smallest absolute Gasteiger partial charge is 0.449 e. The second-order valence-electron chi connectivity index (χ2n) is 4.47. The van der Waals surface area contributed by atoms with Gasteiger partial charge in [-0.3, -0.25) is 0 Å². The van der Waals surface area contributed by atoms with Crippen LogP contribution in [-0.2, 0) is 0 Å². The first-order chi connectivity index (χ1) is 9.20. The Morgan fingerprint density at radius 1 is 1.25 bits per heavy atom. The molecular formula is C13H13F3N2O2. The SMILES string of the molecule is CC1=C(Oc2ccccc2)[C@](C)(O)N=C(C(F)(F)F)N1. The Balaban J connectivity index is 2.31. The quantitative estimate of drug-likeness (QED) is 0.878. The van der Waals surface area contributed by atoms with Gasteiger partial charge in [0.25, 0.3) is 0 Å². The summed E-state index contributed by atoms with van der Waals surface area (Å²) in [6.45, 7) is 2.52. The maximum Gasteiger partial charge on any atom is 0.449 e. The average molecular weight is 286 g/mol. The van der Waals surface area contributed by atoms with Crippen LogP contribution < -0.4 is 10.1 Å². The van der Waals surface area contributed by atoms with Crippen molar-refractivity contribution >= 4 is 5.84 Å². The molecule has 20 heavy (non-hydrogen) atoms. The summed E-state index contributed by atoms with van der Waals surface area (Å²) in [5.74, 6) is -0.924. The summed E-state index contributed by atoms with van der Waals surface area (Å²) in [5.41, 5.74) is -2.03. The van der Waals surface area contributed by atoms with Crippen LogP contribution >= 0.6 is 0 Å². The number of aliphatic imine (C=N–C) groups is 1. The molecule has 0 saturated carbocycles. The molecule has 2 N–H and O–H groups in total. The van der Waals surface area contributed by atoms with Crippen molar-refractivity contribution in [3.05, 3.63) is 41.8 Å². The van der Waals surface area contributed by atoms with Gasteiger partial charge in [-0.25, -0.2) is 4.99 Å². The van der Waals surface area contributed by atoms with E-state index in [1.807, 2.05) is 0 Å². The first-order valence-corrected chi connectivity index (χ1v) is 5.81. The monoisotopic (exact) mass is 286 g/mol. The highest BCUT2D eigenvalue weighted by molar-refractivity contribution is 5.90. The third-order valence-corrected chi connectivity index (χ3v) is 2.64. The van der Waals surface area contributed by atoms with Gasteiger partial charge >= 0.3 is 6.18 Å². The number of halogens is 3. The fourth-order valence-corrected chi connectivity index (χ4v) is 1.80. The highest BCUT2D eigenvalue weighted by atomic mass is 19.4. The number of amidine groups is 1. The van der Waals surface area contributed by atoms with Crippen LogP contribution in [-0.4, -0.2) is 22.8 Å². The Morgan fingerprint density at radius 2 is 1.85 bits per heavy atom. The summed E-state index contributed by atoms with van der Waals surface area (Å²) in [7, 11) is 0. The van der Waals surface area contributed by atoms with Crippen LogP contribution in [0.25, 0.3) is 0 Å². The number of hydrogen-bond donors (Lipinski definition) is 2. The van der Waals surface area contributed by atoms with Crippen LogP contribution in [0.1, 0.15) is 13.8 Å². The molecule has 1 aromatic carbocycles. The fourth-order valence-electron chi connectivity index (χ4n) is 1.80. The van der Waals surface area contributed by atoms with Crippen molar-refractivity contribution in [2.24, 2.45) is 4.99 Å². The van der Waals surface area contributed by atoms with Gasteiger partial charge in [0.1, 0.15) is 5.75 Å². The van der Waals surface area contributed by atoms with E-state index in [2.05, 4.69) is 10.3 Å². The molecule has 7 heteroatoms. The first kappa shape index (κ1) is 14.4. The minimum atomic E-state index is -4.66. The van der Waals surface area contributed by atoms with Crippen molar-refractivity contribution in [3.63, 3.8) is 0 Å². The number of ether oxygens (including phenoxy) is 1. The van der Waals surface area contributed by atoms with Crippen LogP contribution in [0.15, 0.2) is 46.8 Å². The fraction of sp³-hybridized carbons (Fsp3) is 0.308. The van der Waals surface area contributed by atoms with Gasteiger partial charge in [-0.1, -0.05) is 18.2 Å². The number of hydrogen-bond acceptors (Lipinski definition) is 4. The van der Waals surface area contributed by atoms with E-state index in [4.69, 9.17) is 4.74 Å². The number of rotatable bonds is 2. The summed E-state index contributed by atoms with van der Waals surface area (Å²) in [4.78, 5) is 3.27. The van der Waals surface area contributed by atoms with Gasteiger partial charge in [0.15, 0.2) is 5.76 Å². The van der Waals surface area contributed by atoms with Gasteiger partial charge in [0.05, 0.1) is 5.70 Å². The zero-order valence-electron chi connectivity index (χ0n) is 10.8. The molecule has 1 heterocycles. The number of aliphatic hydroxyl groups is 1. The minimum absolute atomic E-state index is 0.0566. The molecule has 1 aliphatic rings. The summed E-state index contributed by atoms with van der Waals surface area (Å²) >= 11 is 0. The molecule has 0 aromatic heterocycles. The van der Waals surface area contributed by atoms with Crippen molar-refractivity contribution in [2.75, 3.05) is 0 Å². The zero-order chi connectivity index (χ0) is 15.0. The van der Waals surface area contributed by atoms with E-state index in [0.717, 1.165) is 6.92 Å². The zero-order valence-corrected chi connectivity index (χ0v) is 10.8. The van der Waals surface area contributed by atoms with Crippen LogP contribution in [0, 0.1) is 0 Å². The molecule has 0 aliphatic carbocycles. The second kappa shape index (κ2) is 4.82. The van der Waals surface area contributed by atoms with Gasteiger partial charge in [-0.2, -0.15) is 13.2 Å². The lowest BCUT2D eigenvalue weighted by Gasteiger charge is -2.30. The van der Waals surface area contributed by atoms with Gasteiger partial charge in [-0.15, -0.1) is 0 Å². The summed E-state index contributed by atoms with van der Waals surface area (Å²) < 4.78 is 43.4. The number of nitrogens with one attached hydrogen (secondary N) is 1. The largest absolute Gasteiger partial charge is 0.455 e. The Hall–Kier alpha value is -2.02. The Kier molecular flexibility index (Phi) is 3.47. The normalized spacial score (nSPS) is 23.2. The molecule has 1 aliphatic heterocycles. The van der Waals surface area contributed by atoms with Crippen molar-refractivity contribution in [1.29, 1.82) is 0 Å². The maximum absolute atomic E-state index is 12.6. The number of alkyl halides is 3. The van der Waals surface area contributed by atoms with Gasteiger partial charge in [-0.05, 0) is 26.0 Å². The van der Waals surface area contributed by atoms with E-state index in [1.165, 1.54) is 6.92 Å². The van der Waals surface area contributed by atoms with Gasteiger partial charge in [0, 0.05) is 0 Å². The summed E-state index contributed by atoms with van der Waals surface area (Å²) in [6, 6.07) is 8.44. The number of para-hydroxylation sites is 1. The number of nitrogens with zero attached hydrogens (tertiary/aromatic N) is 1. The lowest BCUT2D eigenvalue weighted by Crippen LogP contribution is -2.46. The van der Waals surface area contributed by atoms with E-state index in [-0.39, 0.29) is 11.5 Å². The van der Waals surface area contributed by atoms with Gasteiger partial charge in [0.2, 0.25) is 11.6 Å². The lowest BCUT2D eigenvalue weighted by molar-refractivity contribution is -0.0652. The van der Waals surface area contributed by atoms with E-state index >= 15 is 0 Å². The van der Waals surface area contributed by atoms with Crippen molar-refractivity contribution in [3.8, 4) is 5.75 Å². The second-order valence-corrected chi connectivity index (χ2v) is 4.47. The Bertz CT molecular complexity index is 563. The van der Waals surface area contributed by atoms with Crippen LogP contribution in [0.4, 0.5) is 13.2 Å². The predicted molar refractivity (Wildman–Crippen MR) is 67.0 cm³/mol. The molecule has 0 bridgehead atoms. The molecule has 0 fully saturated rings. The topological polar surface area (TPSA) is 53.9 Å². The molecule has 0 unspecified atom stereocenters. The molecule has 0 saturated heterocycles.